The molecule has 0 atom stereocenters. The van der Waals surface area contributed by atoms with Crippen molar-refractivity contribution in [1.29, 1.82) is 0 Å². The number of anilines is 1. The first-order valence-electron chi connectivity index (χ1n) is 9.82. The zero-order valence-electron chi connectivity index (χ0n) is 17.0. The molecule has 1 amide bonds. The Bertz CT molecular complexity index is 1510. The number of carbonyl (C=O) groups excluding carboxylic acids is 1. The number of amides is 1. The summed E-state index contributed by atoms with van der Waals surface area (Å²) >= 11 is 12.2. The lowest BCUT2D eigenvalue weighted by molar-refractivity contribution is -0.113. The summed E-state index contributed by atoms with van der Waals surface area (Å²) in [6.45, 7) is 0. The molecule has 0 saturated carbocycles. The Morgan fingerprint density at radius 1 is 1.03 bits per heavy atom. The van der Waals surface area contributed by atoms with Crippen LogP contribution in [0.3, 0.4) is 0 Å². The van der Waals surface area contributed by atoms with Crippen molar-refractivity contribution < 1.29 is 18.3 Å². The molecule has 168 valence electrons. The van der Waals surface area contributed by atoms with Crippen molar-refractivity contribution in [2.24, 2.45) is 0 Å². The summed E-state index contributed by atoms with van der Waals surface area (Å²) in [5.41, 5.74) is 0.571. The molecule has 0 unspecified atom stereocenters. The van der Waals surface area contributed by atoms with Gasteiger partial charge in [-0.15, -0.1) is 0 Å². The van der Waals surface area contributed by atoms with Crippen molar-refractivity contribution in [1.82, 2.24) is 9.97 Å². The van der Waals surface area contributed by atoms with Gasteiger partial charge in [0, 0.05) is 5.56 Å². The van der Waals surface area contributed by atoms with Gasteiger partial charge in [0.15, 0.2) is 4.32 Å². The molecule has 34 heavy (non-hydrogen) atoms. The molecule has 4 aromatic rings. The zero-order valence-corrected chi connectivity index (χ0v) is 19.4. The third-order valence-electron chi connectivity index (χ3n) is 4.98. The number of aromatic nitrogens is 2. The number of fused-ring (bicyclic) bond motifs is 1. The summed E-state index contributed by atoms with van der Waals surface area (Å²) in [6.07, 6.45) is 2.50. The van der Waals surface area contributed by atoms with E-state index < -0.39 is 17.5 Å². The number of rotatable bonds is 4. The van der Waals surface area contributed by atoms with Crippen LogP contribution >= 0.6 is 35.6 Å². The molecular formula is C24H12ClF2N3O2S2. The van der Waals surface area contributed by atoms with E-state index in [-0.39, 0.29) is 31.8 Å². The maximum absolute atomic E-state index is 14.4. The first kappa shape index (κ1) is 22.4. The largest absolute Gasteiger partial charge is 0.436 e. The fraction of sp³-hybridized carbons (Fsp3) is 0. The Morgan fingerprint density at radius 2 is 1.79 bits per heavy atom. The Hall–Kier alpha value is -3.40. The van der Waals surface area contributed by atoms with Gasteiger partial charge in [-0.1, -0.05) is 66.4 Å². The standard InChI is InChI=1S/C24H12ClF2N3O2S2/c25-23-28-12-17(27)21(29-23)32-19-10-9-13-5-1-2-6-14(13)15(19)11-20-22(31)30(24(33)34-20)18-8-4-3-7-16(18)26/h1-12H/b20-11-. The number of hydrogen-bond acceptors (Lipinski definition) is 6. The highest BCUT2D eigenvalue weighted by Gasteiger charge is 2.35. The number of carbonyl (C=O) groups is 1. The van der Waals surface area contributed by atoms with Crippen LogP contribution in [0.4, 0.5) is 14.5 Å². The molecule has 0 aliphatic carbocycles. The molecule has 5 rings (SSSR count). The van der Waals surface area contributed by atoms with Gasteiger partial charge in [-0.25, -0.2) is 9.37 Å². The molecule has 0 bridgehead atoms. The van der Waals surface area contributed by atoms with Crippen LogP contribution in [-0.2, 0) is 4.79 Å². The van der Waals surface area contributed by atoms with Crippen LogP contribution in [0.5, 0.6) is 11.6 Å². The molecular weight excluding hydrogens is 500 g/mol. The van der Waals surface area contributed by atoms with Gasteiger partial charge < -0.3 is 4.74 Å². The summed E-state index contributed by atoms with van der Waals surface area (Å²) in [5.74, 6) is -1.96. The Morgan fingerprint density at radius 3 is 2.62 bits per heavy atom. The number of benzene rings is 3. The average molecular weight is 512 g/mol. The second-order valence-electron chi connectivity index (χ2n) is 7.06. The van der Waals surface area contributed by atoms with E-state index in [1.807, 2.05) is 24.3 Å². The number of thiocarbonyl (C=S) groups is 1. The van der Waals surface area contributed by atoms with Crippen LogP contribution < -0.4 is 9.64 Å². The molecule has 1 aromatic heterocycles. The van der Waals surface area contributed by atoms with Crippen LogP contribution in [0.15, 0.2) is 71.8 Å². The molecule has 1 aliphatic heterocycles. The fourth-order valence-electron chi connectivity index (χ4n) is 3.46. The van der Waals surface area contributed by atoms with E-state index in [1.165, 1.54) is 18.2 Å². The summed E-state index contributed by atoms with van der Waals surface area (Å²) in [6, 6.07) is 16.8. The van der Waals surface area contributed by atoms with Crippen molar-refractivity contribution in [3.8, 4) is 11.6 Å². The van der Waals surface area contributed by atoms with Gasteiger partial charge in [0.2, 0.25) is 11.1 Å². The van der Waals surface area contributed by atoms with E-state index in [9.17, 15) is 13.6 Å². The van der Waals surface area contributed by atoms with E-state index in [0.29, 0.717) is 5.56 Å². The zero-order chi connectivity index (χ0) is 23.8. The van der Waals surface area contributed by atoms with E-state index in [0.717, 1.165) is 33.6 Å². The van der Waals surface area contributed by atoms with Gasteiger partial charge in [0.25, 0.3) is 11.8 Å². The molecule has 1 fully saturated rings. The van der Waals surface area contributed by atoms with Gasteiger partial charge in [0.1, 0.15) is 11.6 Å². The van der Waals surface area contributed by atoms with Crippen LogP contribution in [0.25, 0.3) is 16.8 Å². The summed E-state index contributed by atoms with van der Waals surface area (Å²) in [5, 5.41) is 1.44. The average Bonchev–Trinajstić information content (AvgIpc) is 3.10. The van der Waals surface area contributed by atoms with Gasteiger partial charge >= 0.3 is 0 Å². The molecule has 0 radical (unpaired) electrons. The number of nitrogens with zero attached hydrogens (tertiary/aromatic N) is 3. The van der Waals surface area contributed by atoms with Crippen molar-refractivity contribution in [3.05, 3.63) is 94.2 Å². The number of halogens is 3. The monoisotopic (exact) mass is 511 g/mol. The van der Waals surface area contributed by atoms with Gasteiger partial charge in [-0.05, 0) is 46.6 Å². The Balaban J connectivity index is 1.62. The Labute approximate surface area is 207 Å². The van der Waals surface area contributed by atoms with Gasteiger partial charge in [0.05, 0.1) is 16.8 Å². The van der Waals surface area contributed by atoms with E-state index in [1.54, 1.807) is 24.3 Å². The molecule has 5 nitrogen and oxygen atoms in total. The second kappa shape index (κ2) is 9.09. The van der Waals surface area contributed by atoms with Gasteiger partial charge in [-0.3, -0.25) is 9.69 Å². The van der Waals surface area contributed by atoms with Crippen molar-refractivity contribution in [2.75, 3.05) is 4.90 Å². The predicted molar refractivity (Wildman–Crippen MR) is 133 cm³/mol. The van der Waals surface area contributed by atoms with Crippen LogP contribution in [-0.4, -0.2) is 20.2 Å². The summed E-state index contributed by atoms with van der Waals surface area (Å²) in [4.78, 5) is 22.0. The third-order valence-corrected chi connectivity index (χ3v) is 6.47. The van der Waals surface area contributed by atoms with Crippen molar-refractivity contribution in [2.45, 2.75) is 0 Å². The number of hydrogen-bond donors (Lipinski definition) is 0. The van der Waals surface area contributed by atoms with E-state index in [4.69, 9.17) is 28.6 Å². The first-order chi connectivity index (χ1) is 16.4. The quantitative estimate of drug-likeness (QED) is 0.171. The molecule has 2 heterocycles. The topological polar surface area (TPSA) is 55.3 Å². The SMILES string of the molecule is O=C1/C(=C/c2c(Oc3nc(Cl)ncc3F)ccc3ccccc23)SC(=S)N1c1ccccc1F. The highest BCUT2D eigenvalue weighted by Crippen LogP contribution is 2.40. The maximum atomic E-state index is 14.4. The summed E-state index contributed by atoms with van der Waals surface area (Å²) in [7, 11) is 0. The van der Waals surface area contributed by atoms with Crippen LogP contribution in [0.2, 0.25) is 5.28 Å². The fourth-order valence-corrected chi connectivity index (χ4v) is 4.85. The smallest absolute Gasteiger partial charge is 0.270 e. The summed E-state index contributed by atoms with van der Waals surface area (Å²) < 4.78 is 34.6. The normalized spacial score (nSPS) is 14.9. The third kappa shape index (κ3) is 4.13. The minimum absolute atomic E-state index is 0.0699. The molecule has 0 spiro atoms. The lowest BCUT2D eigenvalue weighted by atomic mass is 10.0. The maximum Gasteiger partial charge on any atom is 0.270 e. The number of ether oxygens (including phenoxy) is 1. The predicted octanol–water partition coefficient (Wildman–Crippen LogP) is 6.76. The highest BCUT2D eigenvalue weighted by atomic mass is 35.5. The second-order valence-corrected chi connectivity index (χ2v) is 9.08. The van der Waals surface area contributed by atoms with Gasteiger partial charge in [-0.2, -0.15) is 9.37 Å². The molecule has 1 saturated heterocycles. The van der Waals surface area contributed by atoms with Crippen molar-refractivity contribution >= 4 is 68.3 Å². The Kier molecular flexibility index (Phi) is 5.99. The lowest BCUT2D eigenvalue weighted by Crippen LogP contribution is -2.28. The van der Waals surface area contributed by atoms with Crippen LogP contribution in [0, 0.1) is 11.6 Å². The lowest BCUT2D eigenvalue weighted by Gasteiger charge is -2.15. The molecule has 3 aromatic carbocycles. The first-order valence-corrected chi connectivity index (χ1v) is 11.4. The van der Waals surface area contributed by atoms with Crippen molar-refractivity contribution in [3.63, 3.8) is 0 Å². The number of para-hydroxylation sites is 1. The minimum Gasteiger partial charge on any atom is -0.436 e. The minimum atomic E-state index is -0.797. The van der Waals surface area contributed by atoms with E-state index in [2.05, 4.69) is 9.97 Å². The van der Waals surface area contributed by atoms with E-state index >= 15 is 0 Å². The highest BCUT2D eigenvalue weighted by molar-refractivity contribution is 8.27. The molecule has 1 aliphatic rings. The van der Waals surface area contributed by atoms with Crippen LogP contribution in [0.1, 0.15) is 5.56 Å². The molecule has 0 N–H and O–H groups in total. The molecule has 10 heteroatoms. The number of thioether (sulfide) groups is 1.